The number of benzene rings is 1. The minimum absolute atomic E-state index is 0.00951. The van der Waals surface area contributed by atoms with E-state index in [2.05, 4.69) is 23.9 Å². The molecule has 1 aromatic rings. The molecule has 4 rings (SSSR count). The summed E-state index contributed by atoms with van der Waals surface area (Å²) >= 11 is 5.94. The molecular weight excluding hydrogens is 400 g/mol. The zero-order chi connectivity index (χ0) is 21.3. The predicted octanol–water partition coefficient (Wildman–Crippen LogP) is 1.97. The lowest BCUT2D eigenvalue weighted by atomic mass is 9.76. The van der Waals surface area contributed by atoms with Crippen LogP contribution in [0.4, 0.5) is 0 Å². The third kappa shape index (κ3) is 4.66. The number of likely N-dealkylation sites (N-methyl/N-ethyl adjacent to an activating group) is 2. The molecule has 3 aliphatic heterocycles. The number of likely N-dealkylation sites (tertiary alicyclic amines) is 2. The molecule has 1 spiro atoms. The molecule has 0 N–H and O–H groups in total. The Balaban J connectivity index is 1.31. The number of amides is 2. The number of rotatable bonds is 3. The average molecular weight is 433 g/mol. The van der Waals surface area contributed by atoms with E-state index >= 15 is 0 Å². The van der Waals surface area contributed by atoms with E-state index in [1.54, 1.807) is 0 Å². The third-order valence-corrected chi connectivity index (χ3v) is 7.54. The molecular formula is C23H33ClN4O2. The van der Waals surface area contributed by atoms with Gasteiger partial charge in [-0.3, -0.25) is 14.5 Å². The molecule has 3 aliphatic rings. The van der Waals surface area contributed by atoms with Crippen LogP contribution in [-0.4, -0.2) is 97.4 Å². The van der Waals surface area contributed by atoms with E-state index in [-0.39, 0.29) is 17.4 Å². The van der Waals surface area contributed by atoms with Crippen molar-refractivity contribution >= 4 is 23.4 Å². The van der Waals surface area contributed by atoms with Gasteiger partial charge in [0.2, 0.25) is 11.8 Å². The highest BCUT2D eigenvalue weighted by Crippen LogP contribution is 2.43. The summed E-state index contributed by atoms with van der Waals surface area (Å²) in [7, 11) is 4.20. The molecule has 1 unspecified atom stereocenters. The molecule has 0 bridgehead atoms. The molecule has 164 valence electrons. The number of piperidine rings is 1. The van der Waals surface area contributed by atoms with Gasteiger partial charge < -0.3 is 14.7 Å². The molecule has 3 saturated heterocycles. The molecule has 0 radical (unpaired) electrons. The number of nitrogens with zero attached hydrogens (tertiary/aromatic N) is 4. The van der Waals surface area contributed by atoms with Gasteiger partial charge in [0.25, 0.3) is 0 Å². The van der Waals surface area contributed by atoms with Crippen LogP contribution in [0.15, 0.2) is 24.3 Å². The summed E-state index contributed by atoms with van der Waals surface area (Å²) in [6.07, 6.45) is 3.31. The Labute approximate surface area is 184 Å². The molecule has 0 aliphatic carbocycles. The first-order valence-electron chi connectivity index (χ1n) is 11.1. The molecule has 3 heterocycles. The summed E-state index contributed by atoms with van der Waals surface area (Å²) < 4.78 is 0. The fraction of sp³-hybridized carbons (Fsp3) is 0.652. The van der Waals surface area contributed by atoms with Crippen molar-refractivity contribution in [3.05, 3.63) is 34.9 Å². The van der Waals surface area contributed by atoms with Gasteiger partial charge in [0.05, 0.1) is 12.5 Å². The zero-order valence-corrected chi connectivity index (χ0v) is 18.9. The average Bonchev–Trinajstić information content (AvgIpc) is 3.06. The fourth-order valence-electron chi connectivity index (χ4n) is 5.26. The highest BCUT2D eigenvalue weighted by molar-refractivity contribution is 6.30. The van der Waals surface area contributed by atoms with Gasteiger partial charge in [-0.1, -0.05) is 23.7 Å². The van der Waals surface area contributed by atoms with Crippen LogP contribution in [0.2, 0.25) is 5.02 Å². The Morgan fingerprint density at radius 1 is 0.967 bits per heavy atom. The highest BCUT2D eigenvalue weighted by Gasteiger charge is 2.48. The lowest BCUT2D eigenvalue weighted by Gasteiger charge is -2.39. The van der Waals surface area contributed by atoms with Crippen molar-refractivity contribution in [2.45, 2.75) is 31.7 Å². The quantitative estimate of drug-likeness (QED) is 0.732. The molecule has 1 atom stereocenters. The van der Waals surface area contributed by atoms with Crippen LogP contribution in [-0.2, 0) is 16.0 Å². The number of halogens is 1. The second-order valence-corrected chi connectivity index (χ2v) is 9.88. The SMILES string of the molecule is CN1CCN(C(=O)C2CC3(CCN(C(=O)Cc4ccc(Cl)cc4)CC3)CN2C)CC1. The van der Waals surface area contributed by atoms with Gasteiger partial charge in [0.1, 0.15) is 0 Å². The molecule has 2 amide bonds. The van der Waals surface area contributed by atoms with Crippen molar-refractivity contribution in [1.82, 2.24) is 19.6 Å². The van der Waals surface area contributed by atoms with Gasteiger partial charge in [-0.25, -0.2) is 0 Å². The predicted molar refractivity (Wildman–Crippen MR) is 119 cm³/mol. The van der Waals surface area contributed by atoms with E-state index in [1.807, 2.05) is 34.1 Å². The lowest BCUT2D eigenvalue weighted by Crippen LogP contribution is -2.52. The van der Waals surface area contributed by atoms with Crippen molar-refractivity contribution in [1.29, 1.82) is 0 Å². The first-order valence-corrected chi connectivity index (χ1v) is 11.4. The molecule has 7 heteroatoms. The molecule has 1 aromatic carbocycles. The molecule has 3 fully saturated rings. The van der Waals surface area contributed by atoms with E-state index in [0.717, 1.165) is 70.6 Å². The van der Waals surface area contributed by atoms with Crippen LogP contribution in [0.25, 0.3) is 0 Å². The molecule has 0 aromatic heterocycles. The van der Waals surface area contributed by atoms with Gasteiger partial charge in [-0.2, -0.15) is 0 Å². The van der Waals surface area contributed by atoms with E-state index in [9.17, 15) is 9.59 Å². The Kier molecular flexibility index (Phi) is 6.37. The van der Waals surface area contributed by atoms with Crippen LogP contribution >= 0.6 is 11.6 Å². The minimum Gasteiger partial charge on any atom is -0.342 e. The fourth-order valence-corrected chi connectivity index (χ4v) is 5.39. The van der Waals surface area contributed by atoms with Gasteiger partial charge in [0, 0.05) is 50.8 Å². The zero-order valence-electron chi connectivity index (χ0n) is 18.1. The maximum absolute atomic E-state index is 13.1. The van der Waals surface area contributed by atoms with E-state index in [1.165, 1.54) is 0 Å². The maximum Gasteiger partial charge on any atom is 0.240 e. The van der Waals surface area contributed by atoms with Crippen molar-refractivity contribution in [3.63, 3.8) is 0 Å². The second kappa shape index (κ2) is 8.85. The van der Waals surface area contributed by atoms with Crippen LogP contribution in [0.1, 0.15) is 24.8 Å². The van der Waals surface area contributed by atoms with Crippen molar-refractivity contribution < 1.29 is 9.59 Å². The van der Waals surface area contributed by atoms with Gasteiger partial charge >= 0.3 is 0 Å². The first kappa shape index (κ1) is 21.6. The smallest absolute Gasteiger partial charge is 0.240 e. The Hall–Kier alpha value is -1.63. The van der Waals surface area contributed by atoms with Crippen LogP contribution < -0.4 is 0 Å². The normalized spacial score (nSPS) is 25.1. The van der Waals surface area contributed by atoms with E-state index < -0.39 is 0 Å². The third-order valence-electron chi connectivity index (χ3n) is 7.29. The summed E-state index contributed by atoms with van der Waals surface area (Å²) in [5, 5.41) is 0.692. The molecule has 30 heavy (non-hydrogen) atoms. The number of carbonyl (C=O) groups is 2. The van der Waals surface area contributed by atoms with Crippen molar-refractivity contribution in [2.75, 3.05) is 59.9 Å². The summed E-state index contributed by atoms with van der Waals surface area (Å²) in [5.41, 5.74) is 1.17. The Bertz CT molecular complexity index is 768. The monoisotopic (exact) mass is 432 g/mol. The number of carbonyl (C=O) groups excluding carboxylic acids is 2. The second-order valence-electron chi connectivity index (χ2n) is 9.45. The van der Waals surface area contributed by atoms with Crippen LogP contribution in [0.3, 0.4) is 0 Å². The van der Waals surface area contributed by atoms with Gasteiger partial charge in [0.15, 0.2) is 0 Å². The van der Waals surface area contributed by atoms with Crippen LogP contribution in [0.5, 0.6) is 0 Å². The topological polar surface area (TPSA) is 47.1 Å². The summed E-state index contributed by atoms with van der Waals surface area (Å²) in [4.78, 5) is 34.5. The highest BCUT2D eigenvalue weighted by atomic mass is 35.5. The van der Waals surface area contributed by atoms with Crippen molar-refractivity contribution in [2.24, 2.45) is 5.41 Å². The maximum atomic E-state index is 13.1. The minimum atomic E-state index is -0.00951. The number of piperazine rings is 1. The largest absolute Gasteiger partial charge is 0.342 e. The Morgan fingerprint density at radius 3 is 2.23 bits per heavy atom. The first-order chi connectivity index (χ1) is 14.3. The molecule has 6 nitrogen and oxygen atoms in total. The van der Waals surface area contributed by atoms with Gasteiger partial charge in [-0.15, -0.1) is 0 Å². The van der Waals surface area contributed by atoms with Crippen molar-refractivity contribution in [3.8, 4) is 0 Å². The lowest BCUT2D eigenvalue weighted by molar-refractivity contribution is -0.137. The summed E-state index contributed by atoms with van der Waals surface area (Å²) in [5.74, 6) is 0.479. The summed E-state index contributed by atoms with van der Waals surface area (Å²) in [6.45, 7) is 6.11. The summed E-state index contributed by atoms with van der Waals surface area (Å²) in [6, 6.07) is 7.51. The number of hydrogen-bond donors (Lipinski definition) is 0. The molecule has 0 saturated carbocycles. The van der Waals surface area contributed by atoms with E-state index in [4.69, 9.17) is 11.6 Å². The standard InChI is InChI=1S/C23H33ClN4O2/c1-25-11-13-28(14-12-25)22(30)20-16-23(17-26(20)2)7-9-27(10-8-23)21(29)15-18-3-5-19(24)6-4-18/h3-6,20H,7-17H2,1-2H3. The van der Waals surface area contributed by atoms with Gasteiger partial charge in [-0.05, 0) is 56.5 Å². The number of hydrogen-bond acceptors (Lipinski definition) is 4. The van der Waals surface area contributed by atoms with Crippen LogP contribution in [0, 0.1) is 5.41 Å². The van der Waals surface area contributed by atoms with E-state index in [0.29, 0.717) is 17.4 Å². The Morgan fingerprint density at radius 2 is 1.60 bits per heavy atom.